The van der Waals surface area contributed by atoms with Crippen molar-refractivity contribution in [1.29, 1.82) is 0 Å². The molecule has 1 aliphatic rings. The van der Waals surface area contributed by atoms with E-state index in [1.807, 2.05) is 30.3 Å². The van der Waals surface area contributed by atoms with E-state index in [2.05, 4.69) is 0 Å². The van der Waals surface area contributed by atoms with Gasteiger partial charge in [-0.15, -0.1) is 0 Å². The zero-order valence-electron chi connectivity index (χ0n) is 11.5. The third-order valence-electron chi connectivity index (χ3n) is 3.22. The molecule has 2 aromatic rings. The number of imide groups is 1. The van der Waals surface area contributed by atoms with Gasteiger partial charge < -0.3 is 0 Å². The van der Waals surface area contributed by atoms with E-state index in [0.717, 1.165) is 17.3 Å². The molecule has 2 amide bonds. The summed E-state index contributed by atoms with van der Waals surface area (Å²) in [6.07, 6.45) is 1.70. The highest BCUT2D eigenvalue weighted by atomic mass is 32.2. The lowest BCUT2D eigenvalue weighted by Crippen LogP contribution is -2.27. The normalized spacial score (nSPS) is 16.6. The standard InChI is InChI=1S/C17H12FNO2S/c18-14-8-6-13(7-9-14)11-19-16(20)15(22-17(19)21)10-12-4-2-1-3-5-12/h1-10H,11H2/b15-10-. The number of nitrogens with zero attached hydrogens (tertiary/aromatic N) is 1. The molecule has 0 aromatic heterocycles. The van der Waals surface area contributed by atoms with Gasteiger partial charge in [0.05, 0.1) is 11.4 Å². The van der Waals surface area contributed by atoms with Crippen molar-refractivity contribution in [2.45, 2.75) is 6.54 Å². The molecule has 0 bridgehead atoms. The van der Waals surface area contributed by atoms with Crippen LogP contribution in [0.1, 0.15) is 11.1 Å². The fourth-order valence-corrected chi connectivity index (χ4v) is 2.95. The highest BCUT2D eigenvalue weighted by Crippen LogP contribution is 2.33. The predicted molar refractivity (Wildman–Crippen MR) is 84.4 cm³/mol. The van der Waals surface area contributed by atoms with Crippen LogP contribution in [0.3, 0.4) is 0 Å². The fraction of sp³-hybridized carbons (Fsp3) is 0.0588. The first-order valence-electron chi connectivity index (χ1n) is 6.68. The molecule has 1 aliphatic heterocycles. The van der Waals surface area contributed by atoms with E-state index in [9.17, 15) is 14.0 Å². The molecule has 3 rings (SSSR count). The first kappa shape index (κ1) is 14.5. The second-order valence-corrected chi connectivity index (χ2v) is 5.80. The van der Waals surface area contributed by atoms with Crippen LogP contribution in [0.2, 0.25) is 0 Å². The lowest BCUT2D eigenvalue weighted by atomic mass is 10.2. The maximum absolute atomic E-state index is 12.9. The van der Waals surface area contributed by atoms with E-state index in [4.69, 9.17) is 0 Å². The summed E-state index contributed by atoms with van der Waals surface area (Å²) in [4.78, 5) is 25.9. The molecule has 0 aliphatic carbocycles. The van der Waals surface area contributed by atoms with E-state index >= 15 is 0 Å². The minimum absolute atomic E-state index is 0.150. The van der Waals surface area contributed by atoms with Crippen molar-refractivity contribution in [2.24, 2.45) is 0 Å². The topological polar surface area (TPSA) is 37.4 Å². The maximum atomic E-state index is 12.9. The molecule has 5 heteroatoms. The average Bonchev–Trinajstić information content (AvgIpc) is 2.78. The Labute approximate surface area is 131 Å². The number of rotatable bonds is 3. The highest BCUT2D eigenvalue weighted by Gasteiger charge is 2.34. The Hall–Kier alpha value is -2.40. The highest BCUT2D eigenvalue weighted by molar-refractivity contribution is 8.18. The molecular weight excluding hydrogens is 301 g/mol. The Morgan fingerprint density at radius 1 is 1.00 bits per heavy atom. The van der Waals surface area contributed by atoms with Gasteiger partial charge in [0.1, 0.15) is 5.82 Å². The van der Waals surface area contributed by atoms with E-state index in [-0.39, 0.29) is 23.5 Å². The molecule has 0 unspecified atom stereocenters. The first-order valence-corrected chi connectivity index (χ1v) is 7.50. The molecule has 1 fully saturated rings. The number of carbonyl (C=O) groups is 2. The number of thioether (sulfide) groups is 1. The van der Waals surface area contributed by atoms with Gasteiger partial charge in [-0.3, -0.25) is 14.5 Å². The van der Waals surface area contributed by atoms with Crippen LogP contribution >= 0.6 is 11.8 Å². The smallest absolute Gasteiger partial charge is 0.268 e. The maximum Gasteiger partial charge on any atom is 0.293 e. The predicted octanol–water partition coefficient (Wildman–Crippen LogP) is 4.06. The zero-order chi connectivity index (χ0) is 15.5. The van der Waals surface area contributed by atoms with Crippen LogP contribution in [0.5, 0.6) is 0 Å². The summed E-state index contributed by atoms with van der Waals surface area (Å²) in [5, 5.41) is -0.309. The molecule has 110 valence electrons. The Balaban J connectivity index is 1.80. The van der Waals surface area contributed by atoms with Crippen molar-refractivity contribution in [2.75, 3.05) is 0 Å². The van der Waals surface area contributed by atoms with E-state index in [1.54, 1.807) is 18.2 Å². The Morgan fingerprint density at radius 3 is 2.36 bits per heavy atom. The van der Waals surface area contributed by atoms with Crippen LogP contribution in [-0.4, -0.2) is 16.0 Å². The van der Waals surface area contributed by atoms with Gasteiger partial charge in [0.25, 0.3) is 11.1 Å². The van der Waals surface area contributed by atoms with Crippen LogP contribution in [0.4, 0.5) is 9.18 Å². The van der Waals surface area contributed by atoms with Crippen molar-refractivity contribution < 1.29 is 14.0 Å². The minimum Gasteiger partial charge on any atom is -0.268 e. The monoisotopic (exact) mass is 313 g/mol. The molecule has 1 saturated heterocycles. The summed E-state index contributed by atoms with van der Waals surface area (Å²) in [5.74, 6) is -0.662. The molecule has 0 N–H and O–H groups in total. The number of hydrogen-bond donors (Lipinski definition) is 0. The summed E-state index contributed by atoms with van der Waals surface area (Å²) in [7, 11) is 0. The van der Waals surface area contributed by atoms with Gasteiger partial charge in [0, 0.05) is 0 Å². The van der Waals surface area contributed by atoms with E-state index in [1.165, 1.54) is 17.0 Å². The Kier molecular flexibility index (Phi) is 4.06. The summed E-state index contributed by atoms with van der Waals surface area (Å²) in [6, 6.07) is 15.1. The number of hydrogen-bond acceptors (Lipinski definition) is 3. The van der Waals surface area contributed by atoms with Gasteiger partial charge in [-0.25, -0.2) is 4.39 Å². The Morgan fingerprint density at radius 2 is 1.68 bits per heavy atom. The van der Waals surface area contributed by atoms with Gasteiger partial charge in [-0.05, 0) is 41.1 Å². The third-order valence-corrected chi connectivity index (χ3v) is 4.13. The molecule has 0 radical (unpaired) electrons. The number of carbonyl (C=O) groups excluding carboxylic acids is 2. The van der Waals surface area contributed by atoms with Crippen molar-refractivity contribution in [1.82, 2.24) is 4.90 Å². The van der Waals surface area contributed by atoms with Crippen molar-refractivity contribution in [3.63, 3.8) is 0 Å². The largest absolute Gasteiger partial charge is 0.293 e. The molecule has 2 aromatic carbocycles. The SMILES string of the molecule is O=C1S/C(=C\c2ccccc2)C(=O)N1Cc1ccc(F)cc1. The van der Waals surface area contributed by atoms with Gasteiger partial charge in [-0.2, -0.15) is 0 Å². The second-order valence-electron chi connectivity index (χ2n) is 4.81. The first-order chi connectivity index (χ1) is 10.6. The molecule has 22 heavy (non-hydrogen) atoms. The van der Waals surface area contributed by atoms with Crippen molar-refractivity contribution in [3.05, 3.63) is 76.4 Å². The number of amides is 2. The third kappa shape index (κ3) is 3.09. The molecule has 0 spiro atoms. The number of halogens is 1. The summed E-state index contributed by atoms with van der Waals surface area (Å²) < 4.78 is 12.9. The average molecular weight is 313 g/mol. The molecule has 0 saturated carbocycles. The summed E-state index contributed by atoms with van der Waals surface area (Å²) in [5.41, 5.74) is 1.58. The Bertz CT molecular complexity index is 741. The molecular formula is C17H12FNO2S. The van der Waals surface area contributed by atoms with E-state index < -0.39 is 0 Å². The minimum atomic E-state index is -0.345. The second kappa shape index (κ2) is 6.15. The van der Waals surface area contributed by atoms with Crippen LogP contribution in [0.25, 0.3) is 6.08 Å². The lowest BCUT2D eigenvalue weighted by molar-refractivity contribution is -0.123. The molecule has 3 nitrogen and oxygen atoms in total. The summed E-state index contributed by atoms with van der Waals surface area (Å²) >= 11 is 0.923. The van der Waals surface area contributed by atoms with Crippen LogP contribution in [-0.2, 0) is 11.3 Å². The number of benzene rings is 2. The zero-order valence-corrected chi connectivity index (χ0v) is 12.3. The van der Waals surface area contributed by atoms with E-state index in [0.29, 0.717) is 10.5 Å². The van der Waals surface area contributed by atoms with Gasteiger partial charge in [0.2, 0.25) is 0 Å². The summed E-state index contributed by atoms with van der Waals surface area (Å²) in [6.45, 7) is 0.150. The van der Waals surface area contributed by atoms with Crippen LogP contribution < -0.4 is 0 Å². The fourth-order valence-electron chi connectivity index (χ4n) is 2.11. The molecule has 0 atom stereocenters. The quantitative estimate of drug-likeness (QED) is 0.802. The lowest BCUT2D eigenvalue weighted by Gasteiger charge is -2.12. The van der Waals surface area contributed by atoms with Gasteiger partial charge >= 0.3 is 0 Å². The van der Waals surface area contributed by atoms with Crippen LogP contribution in [0, 0.1) is 5.82 Å². The van der Waals surface area contributed by atoms with Gasteiger partial charge in [-0.1, -0.05) is 42.5 Å². The van der Waals surface area contributed by atoms with Crippen molar-refractivity contribution >= 4 is 29.0 Å². The van der Waals surface area contributed by atoms with Gasteiger partial charge in [0.15, 0.2) is 0 Å². The molecule has 1 heterocycles. The van der Waals surface area contributed by atoms with Crippen LogP contribution in [0.15, 0.2) is 59.5 Å². The van der Waals surface area contributed by atoms with Crippen molar-refractivity contribution in [3.8, 4) is 0 Å².